The number of benzene rings is 1. The fourth-order valence-electron chi connectivity index (χ4n) is 1.83. The highest BCUT2D eigenvalue weighted by Gasteiger charge is 2.13. The lowest BCUT2D eigenvalue weighted by molar-refractivity contribution is -0.385. The average Bonchev–Trinajstić information content (AvgIpc) is 2.87. The standard InChI is InChI=1S/C14H17N5O2/c1-8(2)11-7-13(18-17-11)16-14(15)10-5-4-9(3)12(6-10)19(20)21/h4-8H,1-3H3,(H3,15,16,17,18). The van der Waals surface area contributed by atoms with Crippen LogP contribution in [0.2, 0.25) is 0 Å². The van der Waals surface area contributed by atoms with Crippen LogP contribution in [-0.2, 0) is 0 Å². The van der Waals surface area contributed by atoms with Crippen molar-refractivity contribution in [3.63, 3.8) is 0 Å². The van der Waals surface area contributed by atoms with E-state index >= 15 is 0 Å². The summed E-state index contributed by atoms with van der Waals surface area (Å²) >= 11 is 0. The summed E-state index contributed by atoms with van der Waals surface area (Å²) in [5.74, 6) is 0.961. The molecule has 1 aromatic heterocycles. The number of aryl methyl sites for hydroxylation is 1. The normalized spacial score (nSPS) is 11.9. The molecule has 2 aromatic rings. The van der Waals surface area contributed by atoms with Gasteiger partial charge in [0.2, 0.25) is 0 Å². The van der Waals surface area contributed by atoms with E-state index in [1.165, 1.54) is 6.07 Å². The Hall–Kier alpha value is -2.70. The molecule has 0 saturated carbocycles. The molecule has 0 atom stereocenters. The molecule has 0 fully saturated rings. The van der Waals surface area contributed by atoms with Gasteiger partial charge in [-0.2, -0.15) is 5.10 Å². The number of H-pyrrole nitrogens is 1. The molecule has 7 nitrogen and oxygen atoms in total. The number of rotatable bonds is 4. The minimum atomic E-state index is -0.433. The Morgan fingerprint density at radius 1 is 1.43 bits per heavy atom. The molecule has 0 amide bonds. The van der Waals surface area contributed by atoms with Gasteiger partial charge >= 0.3 is 0 Å². The lowest BCUT2D eigenvalue weighted by Gasteiger charge is -2.02. The first-order valence-electron chi connectivity index (χ1n) is 6.53. The van der Waals surface area contributed by atoms with Crippen LogP contribution < -0.4 is 5.73 Å². The van der Waals surface area contributed by atoms with Crippen molar-refractivity contribution in [3.05, 3.63) is 51.2 Å². The van der Waals surface area contributed by atoms with E-state index in [1.54, 1.807) is 25.1 Å². The van der Waals surface area contributed by atoms with Gasteiger partial charge in [-0.15, -0.1) is 0 Å². The molecule has 0 saturated heterocycles. The van der Waals surface area contributed by atoms with Gasteiger partial charge in [0.1, 0.15) is 5.84 Å². The summed E-state index contributed by atoms with van der Waals surface area (Å²) in [7, 11) is 0. The molecule has 0 aliphatic rings. The summed E-state index contributed by atoms with van der Waals surface area (Å²) < 4.78 is 0. The first-order chi connectivity index (χ1) is 9.88. The van der Waals surface area contributed by atoms with Crippen molar-refractivity contribution in [1.82, 2.24) is 10.2 Å². The van der Waals surface area contributed by atoms with Crippen molar-refractivity contribution in [2.75, 3.05) is 0 Å². The Labute approximate surface area is 122 Å². The molecule has 0 radical (unpaired) electrons. The van der Waals surface area contributed by atoms with E-state index < -0.39 is 4.92 Å². The van der Waals surface area contributed by atoms with Crippen molar-refractivity contribution in [2.24, 2.45) is 10.7 Å². The van der Waals surface area contributed by atoms with Crippen LogP contribution in [0.3, 0.4) is 0 Å². The summed E-state index contributed by atoms with van der Waals surface area (Å²) in [6.45, 7) is 5.75. The van der Waals surface area contributed by atoms with Gasteiger partial charge in [0.25, 0.3) is 5.69 Å². The van der Waals surface area contributed by atoms with E-state index in [0.29, 0.717) is 22.9 Å². The molecular weight excluding hydrogens is 270 g/mol. The smallest absolute Gasteiger partial charge is 0.273 e. The highest BCUT2D eigenvalue weighted by molar-refractivity contribution is 5.99. The molecule has 0 unspecified atom stereocenters. The van der Waals surface area contributed by atoms with Crippen LogP contribution in [0.5, 0.6) is 0 Å². The molecule has 0 spiro atoms. The average molecular weight is 287 g/mol. The van der Waals surface area contributed by atoms with Crippen molar-refractivity contribution in [2.45, 2.75) is 26.7 Å². The van der Waals surface area contributed by atoms with E-state index in [-0.39, 0.29) is 11.5 Å². The van der Waals surface area contributed by atoms with Crippen molar-refractivity contribution in [1.29, 1.82) is 0 Å². The van der Waals surface area contributed by atoms with Crippen molar-refractivity contribution in [3.8, 4) is 0 Å². The van der Waals surface area contributed by atoms with Gasteiger partial charge in [-0.3, -0.25) is 15.2 Å². The Bertz CT molecular complexity index is 703. The third-order valence-electron chi connectivity index (χ3n) is 3.14. The van der Waals surface area contributed by atoms with Crippen molar-refractivity contribution < 1.29 is 4.92 Å². The number of amidine groups is 1. The van der Waals surface area contributed by atoms with E-state index in [4.69, 9.17) is 5.73 Å². The molecule has 3 N–H and O–H groups in total. The van der Waals surface area contributed by atoms with Crippen LogP contribution in [0.4, 0.5) is 11.5 Å². The SMILES string of the molecule is Cc1ccc(C(N)=Nc2cc(C(C)C)[nH]n2)cc1[N+](=O)[O-]. The molecule has 7 heteroatoms. The molecule has 0 bridgehead atoms. The van der Waals surface area contributed by atoms with Gasteiger partial charge < -0.3 is 5.73 Å². The van der Waals surface area contributed by atoms with Gasteiger partial charge in [-0.25, -0.2) is 4.99 Å². The molecule has 2 rings (SSSR count). The summed E-state index contributed by atoms with van der Waals surface area (Å²) in [6, 6.07) is 6.58. The maximum absolute atomic E-state index is 10.9. The summed E-state index contributed by atoms with van der Waals surface area (Å²) in [5, 5.41) is 17.9. The monoisotopic (exact) mass is 287 g/mol. The quantitative estimate of drug-likeness (QED) is 0.390. The Kier molecular flexibility index (Phi) is 4.02. The highest BCUT2D eigenvalue weighted by Crippen LogP contribution is 2.21. The van der Waals surface area contributed by atoms with E-state index in [2.05, 4.69) is 15.2 Å². The van der Waals surface area contributed by atoms with Crippen LogP contribution in [0.1, 0.15) is 36.6 Å². The third-order valence-corrected chi connectivity index (χ3v) is 3.14. The first-order valence-corrected chi connectivity index (χ1v) is 6.53. The highest BCUT2D eigenvalue weighted by atomic mass is 16.6. The van der Waals surface area contributed by atoms with E-state index in [1.807, 2.05) is 13.8 Å². The fraction of sp³-hybridized carbons (Fsp3) is 0.286. The summed E-state index contributed by atoms with van der Waals surface area (Å²) in [6.07, 6.45) is 0. The third kappa shape index (κ3) is 3.25. The zero-order valence-electron chi connectivity index (χ0n) is 12.1. The second kappa shape index (κ2) is 5.74. The number of aliphatic imine (C=N–C) groups is 1. The molecule has 1 aromatic carbocycles. The maximum atomic E-state index is 10.9. The zero-order chi connectivity index (χ0) is 15.6. The fourth-order valence-corrected chi connectivity index (χ4v) is 1.83. The number of aromatic amines is 1. The number of nitrogens with two attached hydrogens (primary N) is 1. The van der Waals surface area contributed by atoms with Gasteiger partial charge in [0.15, 0.2) is 5.82 Å². The molecular formula is C14H17N5O2. The number of hydrogen-bond donors (Lipinski definition) is 2. The number of nitrogens with one attached hydrogen (secondary N) is 1. The molecule has 0 aliphatic carbocycles. The number of nitro benzene ring substituents is 1. The lowest BCUT2D eigenvalue weighted by atomic mass is 10.1. The predicted octanol–water partition coefficient (Wildman–Crippen LogP) is 2.79. The summed E-state index contributed by atoms with van der Waals surface area (Å²) in [5.41, 5.74) is 7.97. The minimum Gasteiger partial charge on any atom is -0.383 e. The van der Waals surface area contributed by atoms with E-state index in [9.17, 15) is 10.1 Å². The molecule has 0 aliphatic heterocycles. The van der Waals surface area contributed by atoms with Gasteiger partial charge in [0, 0.05) is 29.0 Å². The number of aromatic nitrogens is 2. The Morgan fingerprint density at radius 3 is 2.71 bits per heavy atom. The first kappa shape index (κ1) is 14.7. The van der Waals surface area contributed by atoms with Crippen molar-refractivity contribution >= 4 is 17.3 Å². The Morgan fingerprint density at radius 2 is 2.14 bits per heavy atom. The van der Waals surface area contributed by atoms with Crippen LogP contribution in [0, 0.1) is 17.0 Å². The second-order valence-electron chi connectivity index (χ2n) is 5.09. The topological polar surface area (TPSA) is 110 Å². The van der Waals surface area contributed by atoms with Gasteiger partial charge in [-0.1, -0.05) is 26.0 Å². The van der Waals surface area contributed by atoms with Crippen LogP contribution >= 0.6 is 0 Å². The van der Waals surface area contributed by atoms with Crippen LogP contribution in [0.25, 0.3) is 0 Å². The zero-order valence-corrected chi connectivity index (χ0v) is 12.1. The Balaban J connectivity index is 2.34. The maximum Gasteiger partial charge on any atom is 0.273 e. The predicted molar refractivity (Wildman–Crippen MR) is 80.9 cm³/mol. The van der Waals surface area contributed by atoms with Gasteiger partial charge in [0.05, 0.1) is 4.92 Å². The van der Waals surface area contributed by atoms with Crippen LogP contribution in [-0.4, -0.2) is 21.0 Å². The van der Waals surface area contributed by atoms with Gasteiger partial charge in [-0.05, 0) is 12.8 Å². The van der Waals surface area contributed by atoms with E-state index in [0.717, 1.165) is 5.69 Å². The minimum absolute atomic E-state index is 0.0237. The second-order valence-corrected chi connectivity index (χ2v) is 5.09. The molecule has 21 heavy (non-hydrogen) atoms. The number of nitrogens with zero attached hydrogens (tertiary/aromatic N) is 3. The number of nitro groups is 1. The van der Waals surface area contributed by atoms with Crippen LogP contribution in [0.15, 0.2) is 29.3 Å². The number of hydrogen-bond acceptors (Lipinski definition) is 4. The summed E-state index contributed by atoms with van der Waals surface area (Å²) in [4.78, 5) is 14.7. The molecule has 110 valence electrons. The lowest BCUT2D eigenvalue weighted by Crippen LogP contribution is -2.13. The molecule has 1 heterocycles. The largest absolute Gasteiger partial charge is 0.383 e.